The third-order valence-electron chi connectivity index (χ3n) is 3.89. The number of sulfonamides is 1. The second-order valence-corrected chi connectivity index (χ2v) is 6.95. The lowest BCUT2D eigenvalue weighted by molar-refractivity contribution is 0.386. The Morgan fingerprint density at radius 3 is 2.12 bits per heavy atom. The molecule has 0 radical (unpaired) electrons. The Labute approximate surface area is 140 Å². The normalized spacial score (nSPS) is 14.3. The van der Waals surface area contributed by atoms with Gasteiger partial charge in [0.2, 0.25) is 10.0 Å². The minimum atomic E-state index is -3.72. The number of hydrogen-bond donors (Lipinski definition) is 1. The fourth-order valence-electron chi connectivity index (χ4n) is 2.72. The van der Waals surface area contributed by atoms with Gasteiger partial charge < -0.3 is 4.74 Å². The van der Waals surface area contributed by atoms with E-state index in [2.05, 4.69) is 0 Å². The number of ether oxygens (including phenoxy) is 1. The van der Waals surface area contributed by atoms with Crippen LogP contribution in [0.2, 0.25) is 0 Å². The van der Waals surface area contributed by atoms with Crippen LogP contribution in [0.15, 0.2) is 59.5 Å². The summed E-state index contributed by atoms with van der Waals surface area (Å²) >= 11 is 0. The predicted octanol–water partition coefficient (Wildman–Crippen LogP) is 3.35. The number of benzene rings is 2. The first-order chi connectivity index (χ1) is 11.4. The van der Waals surface area contributed by atoms with Gasteiger partial charge in [0.05, 0.1) is 12.0 Å². The smallest absolute Gasteiger partial charge is 0.238 e. The molecule has 2 aromatic rings. The summed E-state index contributed by atoms with van der Waals surface area (Å²) in [4.78, 5) is 0.0610. The molecule has 0 aromatic heterocycles. The number of hydrogen-bond acceptors (Lipinski definition) is 3. The highest BCUT2D eigenvalue weighted by atomic mass is 32.2. The maximum atomic E-state index is 14.0. The van der Waals surface area contributed by atoms with E-state index in [1.54, 1.807) is 24.3 Å². The average molecular weight is 345 g/mol. The Morgan fingerprint density at radius 1 is 1.00 bits per heavy atom. The standard InChI is InChI=1S/C18H16FNO3S/c1-23-18-10-7-13(11-17(18)19)16-4-2-3-15(16)12-5-8-14(9-6-12)24(20,21)22/h3-11H,2H2,1H3,(H2,20,21,22). The Balaban J connectivity index is 1.95. The van der Waals surface area contributed by atoms with Crippen molar-refractivity contribution >= 4 is 21.2 Å². The van der Waals surface area contributed by atoms with Crippen LogP contribution in [0.4, 0.5) is 4.39 Å². The highest BCUT2D eigenvalue weighted by Gasteiger charge is 2.17. The van der Waals surface area contributed by atoms with Gasteiger partial charge in [-0.05, 0) is 53.0 Å². The predicted molar refractivity (Wildman–Crippen MR) is 91.3 cm³/mol. The zero-order valence-electron chi connectivity index (χ0n) is 13.0. The van der Waals surface area contributed by atoms with Crippen LogP contribution in [-0.4, -0.2) is 15.5 Å². The van der Waals surface area contributed by atoms with Gasteiger partial charge in [0.15, 0.2) is 11.6 Å². The molecule has 0 unspecified atom stereocenters. The van der Waals surface area contributed by atoms with Gasteiger partial charge in [-0.15, -0.1) is 0 Å². The Hall–Kier alpha value is -2.44. The molecule has 0 fully saturated rings. The summed E-state index contributed by atoms with van der Waals surface area (Å²) < 4.78 is 41.6. The molecule has 1 aliphatic carbocycles. The number of methoxy groups -OCH3 is 1. The summed E-state index contributed by atoms with van der Waals surface area (Å²) in [7, 11) is -2.30. The van der Waals surface area contributed by atoms with Crippen LogP contribution in [0.3, 0.4) is 0 Å². The number of allylic oxidation sites excluding steroid dienone is 4. The highest BCUT2D eigenvalue weighted by Crippen LogP contribution is 2.37. The van der Waals surface area contributed by atoms with Gasteiger partial charge in [0.25, 0.3) is 0 Å². The SMILES string of the molecule is COc1ccc(C2=CCC=C2c2ccc(S(N)(=O)=O)cc2)cc1F. The van der Waals surface area contributed by atoms with Gasteiger partial charge >= 0.3 is 0 Å². The number of nitrogens with two attached hydrogens (primary N) is 1. The fraction of sp³-hybridized carbons (Fsp3) is 0.111. The molecule has 0 amide bonds. The van der Waals surface area contributed by atoms with Crippen LogP contribution in [0.1, 0.15) is 17.5 Å². The molecule has 0 saturated carbocycles. The van der Waals surface area contributed by atoms with Crippen LogP contribution < -0.4 is 9.88 Å². The zero-order chi connectivity index (χ0) is 17.3. The average Bonchev–Trinajstić information content (AvgIpc) is 3.03. The van der Waals surface area contributed by atoms with Crippen molar-refractivity contribution in [2.45, 2.75) is 11.3 Å². The van der Waals surface area contributed by atoms with E-state index in [-0.39, 0.29) is 10.6 Å². The summed E-state index contributed by atoms with van der Waals surface area (Å²) in [6.07, 6.45) is 4.75. The van der Waals surface area contributed by atoms with E-state index in [1.165, 1.54) is 25.3 Å². The van der Waals surface area contributed by atoms with Crippen molar-refractivity contribution in [3.8, 4) is 5.75 Å². The van der Waals surface area contributed by atoms with Crippen molar-refractivity contribution in [3.63, 3.8) is 0 Å². The van der Waals surface area contributed by atoms with Gasteiger partial charge in [-0.2, -0.15) is 0 Å². The maximum absolute atomic E-state index is 14.0. The van der Waals surface area contributed by atoms with Gasteiger partial charge in [-0.25, -0.2) is 17.9 Å². The molecule has 6 heteroatoms. The lowest BCUT2D eigenvalue weighted by Crippen LogP contribution is -2.11. The summed E-state index contributed by atoms with van der Waals surface area (Å²) in [6, 6.07) is 11.2. The zero-order valence-corrected chi connectivity index (χ0v) is 13.8. The van der Waals surface area contributed by atoms with Crippen LogP contribution in [-0.2, 0) is 10.0 Å². The van der Waals surface area contributed by atoms with E-state index in [9.17, 15) is 12.8 Å². The van der Waals surface area contributed by atoms with Crippen molar-refractivity contribution in [2.75, 3.05) is 7.11 Å². The molecule has 0 atom stereocenters. The van der Waals surface area contributed by atoms with Crippen molar-refractivity contribution < 1.29 is 17.5 Å². The van der Waals surface area contributed by atoms with E-state index < -0.39 is 15.8 Å². The molecule has 0 saturated heterocycles. The quantitative estimate of drug-likeness (QED) is 0.924. The molecular weight excluding hydrogens is 329 g/mol. The molecule has 2 N–H and O–H groups in total. The largest absolute Gasteiger partial charge is 0.494 e. The minimum absolute atomic E-state index is 0.0610. The molecule has 1 aliphatic rings. The second kappa shape index (κ2) is 6.22. The van der Waals surface area contributed by atoms with Crippen molar-refractivity contribution in [1.82, 2.24) is 0 Å². The molecular formula is C18H16FNO3S. The van der Waals surface area contributed by atoms with Crippen LogP contribution >= 0.6 is 0 Å². The van der Waals surface area contributed by atoms with Crippen molar-refractivity contribution in [2.24, 2.45) is 5.14 Å². The Bertz CT molecular complexity index is 945. The van der Waals surface area contributed by atoms with Gasteiger partial charge in [-0.3, -0.25) is 0 Å². The molecule has 24 heavy (non-hydrogen) atoms. The van der Waals surface area contributed by atoms with Gasteiger partial charge in [-0.1, -0.05) is 30.4 Å². The summed E-state index contributed by atoms with van der Waals surface area (Å²) in [6.45, 7) is 0. The number of primary sulfonamides is 1. The second-order valence-electron chi connectivity index (χ2n) is 5.39. The summed E-state index contributed by atoms with van der Waals surface area (Å²) in [5.41, 5.74) is 3.43. The minimum Gasteiger partial charge on any atom is -0.494 e. The number of halogens is 1. The lowest BCUT2D eigenvalue weighted by Gasteiger charge is -2.11. The van der Waals surface area contributed by atoms with Crippen LogP contribution in [0.5, 0.6) is 5.75 Å². The van der Waals surface area contributed by atoms with E-state index >= 15 is 0 Å². The van der Waals surface area contributed by atoms with Crippen molar-refractivity contribution in [1.29, 1.82) is 0 Å². The monoisotopic (exact) mass is 345 g/mol. The van der Waals surface area contributed by atoms with Crippen LogP contribution in [0.25, 0.3) is 11.1 Å². The Morgan fingerprint density at radius 2 is 1.58 bits per heavy atom. The van der Waals surface area contributed by atoms with E-state index in [0.717, 1.165) is 28.7 Å². The topological polar surface area (TPSA) is 69.4 Å². The van der Waals surface area contributed by atoms with Gasteiger partial charge in [0, 0.05) is 0 Å². The summed E-state index contributed by atoms with van der Waals surface area (Å²) in [5.74, 6) is -0.230. The molecule has 0 spiro atoms. The molecule has 0 bridgehead atoms. The van der Waals surface area contributed by atoms with Gasteiger partial charge in [0.1, 0.15) is 0 Å². The molecule has 3 rings (SSSR count). The fourth-order valence-corrected chi connectivity index (χ4v) is 3.23. The highest BCUT2D eigenvalue weighted by molar-refractivity contribution is 7.89. The molecule has 124 valence electrons. The molecule has 0 aliphatic heterocycles. The van der Waals surface area contributed by atoms with E-state index in [4.69, 9.17) is 9.88 Å². The number of rotatable bonds is 4. The molecule has 4 nitrogen and oxygen atoms in total. The third-order valence-corrected chi connectivity index (χ3v) is 4.82. The van der Waals surface area contributed by atoms with E-state index in [0.29, 0.717) is 0 Å². The third kappa shape index (κ3) is 3.11. The summed E-state index contributed by atoms with van der Waals surface area (Å²) in [5, 5.41) is 5.12. The molecule has 2 aromatic carbocycles. The Kier molecular flexibility index (Phi) is 4.26. The maximum Gasteiger partial charge on any atom is 0.238 e. The molecule has 0 heterocycles. The first-order valence-electron chi connectivity index (χ1n) is 7.28. The first-order valence-corrected chi connectivity index (χ1v) is 8.82. The van der Waals surface area contributed by atoms with Crippen LogP contribution in [0, 0.1) is 5.82 Å². The van der Waals surface area contributed by atoms with E-state index in [1.807, 2.05) is 12.2 Å². The van der Waals surface area contributed by atoms with Crippen molar-refractivity contribution in [3.05, 3.63) is 71.6 Å². The lowest BCUT2D eigenvalue weighted by atomic mass is 9.95. The first kappa shape index (κ1) is 16.4.